The molecule has 1 heteroatoms. The summed E-state index contributed by atoms with van der Waals surface area (Å²) in [6, 6.07) is 66.4. The van der Waals surface area contributed by atoms with Crippen molar-refractivity contribution >= 4 is 65.0 Å². The van der Waals surface area contributed by atoms with E-state index in [1.54, 1.807) is 0 Å². The van der Waals surface area contributed by atoms with Gasteiger partial charge in [-0.15, -0.1) is 0 Å². The fraction of sp³-hybridized carbons (Fsp3) is 0. The zero-order chi connectivity index (χ0) is 33.5. The summed E-state index contributed by atoms with van der Waals surface area (Å²) in [6.07, 6.45) is 0. The Kier molecular flexibility index (Phi) is 6.02. The summed E-state index contributed by atoms with van der Waals surface area (Å²) in [4.78, 5) is 0. The highest BCUT2D eigenvalue weighted by molar-refractivity contribution is 6.30. The van der Waals surface area contributed by atoms with Crippen LogP contribution in [0.15, 0.2) is 186 Å². The highest BCUT2D eigenvalue weighted by atomic mass is 16.3. The maximum Gasteiger partial charge on any atom is 0.136 e. The number of hydrogen-bond donors (Lipinski definition) is 0. The maximum atomic E-state index is 6.38. The van der Waals surface area contributed by atoms with Gasteiger partial charge < -0.3 is 4.42 Å². The lowest BCUT2D eigenvalue weighted by atomic mass is 9.81. The van der Waals surface area contributed by atoms with Gasteiger partial charge in [0.2, 0.25) is 0 Å². The van der Waals surface area contributed by atoms with Crippen molar-refractivity contribution in [1.82, 2.24) is 0 Å². The Bertz CT molecular complexity index is 3070. The van der Waals surface area contributed by atoms with Crippen molar-refractivity contribution in [2.75, 3.05) is 0 Å². The summed E-state index contributed by atoms with van der Waals surface area (Å²) in [5, 5.41) is 12.3. The predicted octanol–water partition coefficient (Wildman–Crippen LogP) is 14.3. The Balaban J connectivity index is 1.25. The first kappa shape index (κ1) is 28.2. The lowest BCUT2D eigenvalue weighted by molar-refractivity contribution is 0.669. The van der Waals surface area contributed by atoms with Crippen LogP contribution >= 0.6 is 0 Å². The van der Waals surface area contributed by atoms with Gasteiger partial charge in [0, 0.05) is 10.8 Å². The molecule has 0 bridgehead atoms. The van der Waals surface area contributed by atoms with Crippen molar-refractivity contribution in [3.63, 3.8) is 0 Å². The number of furan rings is 1. The molecule has 1 aromatic heterocycles. The minimum Gasteiger partial charge on any atom is -0.456 e. The van der Waals surface area contributed by atoms with E-state index in [2.05, 4.69) is 182 Å². The van der Waals surface area contributed by atoms with E-state index in [4.69, 9.17) is 4.42 Å². The fourth-order valence-electron chi connectivity index (χ4n) is 8.65. The average Bonchev–Trinajstić information content (AvgIpc) is 3.59. The van der Waals surface area contributed by atoms with E-state index in [9.17, 15) is 0 Å². The van der Waals surface area contributed by atoms with Crippen molar-refractivity contribution in [2.24, 2.45) is 0 Å². The Morgan fingerprint density at radius 1 is 0.275 bits per heavy atom. The molecule has 1 heterocycles. The molecular weight excluding hydrogens is 617 g/mol. The van der Waals surface area contributed by atoms with Gasteiger partial charge in [-0.1, -0.05) is 158 Å². The first-order valence-electron chi connectivity index (χ1n) is 17.6. The number of benzene rings is 10. The van der Waals surface area contributed by atoms with Crippen molar-refractivity contribution in [3.8, 4) is 44.5 Å². The summed E-state index contributed by atoms with van der Waals surface area (Å²) >= 11 is 0. The van der Waals surface area contributed by atoms with Gasteiger partial charge in [-0.25, -0.2) is 0 Å². The SMILES string of the molecule is c1ccc(-c2cc(-c3cccc4ccccc34)ccc2-c2c3ccccc3c(-c3cc4cccc5oc6cccc3c6c45)c3ccccc23)cc1. The van der Waals surface area contributed by atoms with Crippen LogP contribution in [0, 0.1) is 0 Å². The molecule has 0 fully saturated rings. The molecular formula is C50H30O. The Hall–Kier alpha value is -6.70. The molecule has 0 amide bonds. The second kappa shape index (κ2) is 10.9. The lowest BCUT2D eigenvalue weighted by Crippen LogP contribution is -1.94. The standard InChI is InChI=1S/C50H30O/c1-2-13-32(14-3-1)43-29-33(36-23-10-16-31-15-4-5-18-35(31)36)27-28-42(43)48-37-19-6-8-21-39(37)49(40-22-9-7-20-38(40)48)44-30-34-17-11-25-45-47(34)50-41(44)24-12-26-46(50)51-45/h1-30H. The minimum absolute atomic E-state index is 0.935. The molecule has 0 atom stereocenters. The van der Waals surface area contributed by atoms with Crippen LogP contribution in [0.1, 0.15) is 0 Å². The summed E-state index contributed by atoms with van der Waals surface area (Å²) in [7, 11) is 0. The average molecular weight is 647 g/mol. The molecule has 0 aliphatic carbocycles. The molecule has 0 N–H and O–H groups in total. The predicted molar refractivity (Wildman–Crippen MR) is 217 cm³/mol. The molecule has 10 aromatic carbocycles. The smallest absolute Gasteiger partial charge is 0.136 e. The topological polar surface area (TPSA) is 13.1 Å². The van der Waals surface area contributed by atoms with E-state index in [-0.39, 0.29) is 0 Å². The quantitative estimate of drug-likeness (QED) is 0.137. The largest absolute Gasteiger partial charge is 0.456 e. The second-order valence-electron chi connectivity index (χ2n) is 13.6. The minimum atomic E-state index is 0.935. The Labute approximate surface area is 295 Å². The highest BCUT2D eigenvalue weighted by Gasteiger charge is 2.23. The Morgan fingerprint density at radius 2 is 0.824 bits per heavy atom. The third kappa shape index (κ3) is 4.16. The van der Waals surface area contributed by atoms with Gasteiger partial charge in [0.15, 0.2) is 0 Å². The number of rotatable bonds is 4. The van der Waals surface area contributed by atoms with Crippen molar-refractivity contribution in [1.29, 1.82) is 0 Å². The van der Waals surface area contributed by atoms with Gasteiger partial charge in [0.1, 0.15) is 11.2 Å². The van der Waals surface area contributed by atoms with E-state index in [0.29, 0.717) is 0 Å². The molecule has 236 valence electrons. The monoisotopic (exact) mass is 646 g/mol. The van der Waals surface area contributed by atoms with Crippen LogP contribution in [-0.4, -0.2) is 0 Å². The first-order chi connectivity index (χ1) is 25.3. The van der Waals surface area contributed by atoms with Gasteiger partial charge in [0.05, 0.1) is 0 Å². The van der Waals surface area contributed by atoms with Crippen LogP contribution in [0.5, 0.6) is 0 Å². The van der Waals surface area contributed by atoms with E-state index >= 15 is 0 Å². The van der Waals surface area contributed by atoms with Crippen molar-refractivity contribution < 1.29 is 4.42 Å². The highest BCUT2D eigenvalue weighted by Crippen LogP contribution is 2.50. The molecule has 0 saturated heterocycles. The first-order valence-corrected chi connectivity index (χ1v) is 17.6. The van der Waals surface area contributed by atoms with Gasteiger partial charge in [-0.3, -0.25) is 0 Å². The van der Waals surface area contributed by atoms with Crippen LogP contribution in [0.3, 0.4) is 0 Å². The summed E-state index contributed by atoms with van der Waals surface area (Å²) < 4.78 is 6.38. The Morgan fingerprint density at radius 3 is 1.57 bits per heavy atom. The van der Waals surface area contributed by atoms with E-state index < -0.39 is 0 Å². The number of fused-ring (bicyclic) bond motifs is 3. The summed E-state index contributed by atoms with van der Waals surface area (Å²) in [6.45, 7) is 0. The molecule has 11 aromatic rings. The summed E-state index contributed by atoms with van der Waals surface area (Å²) in [5.41, 5.74) is 11.7. The van der Waals surface area contributed by atoms with Crippen LogP contribution in [0.4, 0.5) is 0 Å². The third-order valence-corrected chi connectivity index (χ3v) is 10.8. The van der Waals surface area contributed by atoms with Crippen LogP contribution < -0.4 is 0 Å². The lowest BCUT2D eigenvalue weighted by Gasteiger charge is -2.21. The van der Waals surface area contributed by atoms with Crippen LogP contribution in [0.2, 0.25) is 0 Å². The maximum absolute atomic E-state index is 6.38. The molecule has 0 spiro atoms. The van der Waals surface area contributed by atoms with E-state index in [1.807, 2.05) is 0 Å². The molecule has 1 nitrogen and oxygen atoms in total. The van der Waals surface area contributed by atoms with Crippen molar-refractivity contribution in [2.45, 2.75) is 0 Å². The number of hydrogen-bond acceptors (Lipinski definition) is 1. The zero-order valence-corrected chi connectivity index (χ0v) is 27.7. The van der Waals surface area contributed by atoms with Gasteiger partial charge >= 0.3 is 0 Å². The molecule has 0 saturated carbocycles. The van der Waals surface area contributed by atoms with E-state index in [1.165, 1.54) is 98.4 Å². The summed E-state index contributed by atoms with van der Waals surface area (Å²) in [5.74, 6) is 0. The van der Waals surface area contributed by atoms with Gasteiger partial charge in [-0.05, 0) is 112 Å². The van der Waals surface area contributed by atoms with Gasteiger partial charge in [0.25, 0.3) is 0 Å². The van der Waals surface area contributed by atoms with E-state index in [0.717, 1.165) is 11.2 Å². The normalized spacial score (nSPS) is 11.9. The molecule has 0 aliphatic heterocycles. The zero-order valence-electron chi connectivity index (χ0n) is 27.7. The second-order valence-corrected chi connectivity index (χ2v) is 13.6. The molecule has 0 radical (unpaired) electrons. The molecule has 0 unspecified atom stereocenters. The molecule has 11 rings (SSSR count). The molecule has 51 heavy (non-hydrogen) atoms. The fourth-order valence-corrected chi connectivity index (χ4v) is 8.65. The van der Waals surface area contributed by atoms with Crippen LogP contribution in [0.25, 0.3) is 110 Å². The van der Waals surface area contributed by atoms with Gasteiger partial charge in [-0.2, -0.15) is 0 Å². The van der Waals surface area contributed by atoms with Crippen LogP contribution in [-0.2, 0) is 0 Å². The van der Waals surface area contributed by atoms with Crippen molar-refractivity contribution in [3.05, 3.63) is 182 Å². The molecule has 0 aliphatic rings. The third-order valence-electron chi connectivity index (χ3n) is 10.8.